The summed E-state index contributed by atoms with van der Waals surface area (Å²) < 4.78 is 5.34. The van der Waals surface area contributed by atoms with Gasteiger partial charge in [0.2, 0.25) is 0 Å². The molecule has 0 aliphatic rings. The van der Waals surface area contributed by atoms with Gasteiger partial charge in [-0.25, -0.2) is 0 Å². The molecule has 0 aromatic heterocycles. The second kappa shape index (κ2) is 5.81. The minimum absolute atomic E-state index is 0.0291. The predicted octanol–water partition coefficient (Wildman–Crippen LogP) is 3.13. The van der Waals surface area contributed by atoms with Gasteiger partial charge in [0.25, 0.3) is 0 Å². The van der Waals surface area contributed by atoms with E-state index >= 15 is 0 Å². The molecule has 0 fully saturated rings. The van der Waals surface area contributed by atoms with Crippen molar-refractivity contribution in [3.05, 3.63) is 28.2 Å². The zero-order chi connectivity index (χ0) is 10.6. The molecule has 0 heterocycles. The molecule has 0 saturated heterocycles. The molecule has 1 rings (SSSR count). The maximum atomic E-state index is 8.74. The molecule has 14 heavy (non-hydrogen) atoms. The summed E-state index contributed by atoms with van der Waals surface area (Å²) in [5, 5.41) is 9.69. The number of rotatable bonds is 4. The molecule has 78 valence electrons. The Balaban J connectivity index is 2.55. The second-order valence-electron chi connectivity index (χ2n) is 2.67. The first-order valence-electron chi connectivity index (χ1n) is 3.96. The molecule has 0 bridgehead atoms. The van der Waals surface area contributed by atoms with Crippen molar-refractivity contribution < 1.29 is 9.84 Å². The fraction of sp³-hybridized carbons (Fsp3) is 0.333. The van der Waals surface area contributed by atoms with Gasteiger partial charge in [0.1, 0.15) is 12.4 Å². The Morgan fingerprint density at radius 3 is 2.64 bits per heavy atom. The standard InChI is InChI=1S/C9H9BrCl2O2/c10-6(4-13)5-14-7-1-2-8(11)9(12)3-7/h1-3,6,13H,4-5H2. The zero-order valence-corrected chi connectivity index (χ0v) is 10.3. The molecule has 1 N–H and O–H groups in total. The molecule has 0 amide bonds. The van der Waals surface area contributed by atoms with Gasteiger partial charge in [-0.15, -0.1) is 0 Å². The maximum absolute atomic E-state index is 8.74. The molecule has 0 aliphatic heterocycles. The lowest BCUT2D eigenvalue weighted by atomic mass is 10.3. The SMILES string of the molecule is OCC(Br)COc1ccc(Cl)c(Cl)c1. The van der Waals surface area contributed by atoms with Crippen molar-refractivity contribution in [3.8, 4) is 5.75 Å². The zero-order valence-electron chi connectivity index (χ0n) is 7.21. The summed E-state index contributed by atoms with van der Waals surface area (Å²) >= 11 is 14.8. The van der Waals surface area contributed by atoms with Crippen LogP contribution < -0.4 is 4.74 Å². The lowest BCUT2D eigenvalue weighted by molar-refractivity contribution is 0.243. The van der Waals surface area contributed by atoms with Crippen LogP contribution in [0.3, 0.4) is 0 Å². The lowest BCUT2D eigenvalue weighted by Crippen LogP contribution is -2.14. The van der Waals surface area contributed by atoms with Gasteiger partial charge in [-0.3, -0.25) is 0 Å². The van der Waals surface area contributed by atoms with E-state index in [1.165, 1.54) is 0 Å². The molecule has 0 radical (unpaired) electrons. The van der Waals surface area contributed by atoms with Gasteiger partial charge < -0.3 is 9.84 Å². The summed E-state index contributed by atoms with van der Waals surface area (Å²) in [5.41, 5.74) is 0. The first-order chi connectivity index (χ1) is 6.63. The van der Waals surface area contributed by atoms with Crippen LogP contribution in [0.5, 0.6) is 5.75 Å². The molecule has 2 nitrogen and oxygen atoms in total. The van der Waals surface area contributed by atoms with Crippen LogP contribution in [-0.2, 0) is 0 Å². The molecular formula is C9H9BrCl2O2. The van der Waals surface area contributed by atoms with E-state index in [0.717, 1.165) is 0 Å². The van der Waals surface area contributed by atoms with E-state index in [1.807, 2.05) is 0 Å². The van der Waals surface area contributed by atoms with Crippen molar-refractivity contribution in [1.29, 1.82) is 0 Å². The molecule has 1 atom stereocenters. The van der Waals surface area contributed by atoms with Crippen LogP contribution in [0.15, 0.2) is 18.2 Å². The minimum Gasteiger partial charge on any atom is -0.492 e. The van der Waals surface area contributed by atoms with Crippen LogP contribution in [-0.4, -0.2) is 23.1 Å². The van der Waals surface area contributed by atoms with Crippen molar-refractivity contribution >= 4 is 39.1 Å². The summed E-state index contributed by atoms with van der Waals surface area (Å²) in [6.45, 7) is 0.412. The summed E-state index contributed by atoms with van der Waals surface area (Å²) in [6.07, 6.45) is 0. The van der Waals surface area contributed by atoms with Gasteiger partial charge in [-0.1, -0.05) is 39.1 Å². The first kappa shape index (κ1) is 12.1. The van der Waals surface area contributed by atoms with Crippen LogP contribution in [0.2, 0.25) is 10.0 Å². The monoisotopic (exact) mass is 298 g/mol. The quantitative estimate of drug-likeness (QED) is 0.866. The van der Waals surface area contributed by atoms with E-state index in [2.05, 4.69) is 15.9 Å². The Hall–Kier alpha value is 0.0400. The van der Waals surface area contributed by atoms with Crippen molar-refractivity contribution in [2.24, 2.45) is 0 Å². The highest BCUT2D eigenvalue weighted by molar-refractivity contribution is 9.09. The number of aliphatic hydroxyl groups excluding tert-OH is 1. The van der Waals surface area contributed by atoms with Crippen molar-refractivity contribution in [3.63, 3.8) is 0 Å². The molecule has 0 aliphatic carbocycles. The van der Waals surface area contributed by atoms with Gasteiger partial charge in [-0.2, -0.15) is 0 Å². The average Bonchev–Trinajstić information content (AvgIpc) is 2.19. The Kier molecular flexibility index (Phi) is 5.02. The third-order valence-electron chi connectivity index (χ3n) is 1.52. The van der Waals surface area contributed by atoms with Crippen LogP contribution in [0.4, 0.5) is 0 Å². The highest BCUT2D eigenvalue weighted by Crippen LogP contribution is 2.26. The number of hydrogen-bond donors (Lipinski definition) is 1. The lowest BCUT2D eigenvalue weighted by Gasteiger charge is -2.09. The maximum Gasteiger partial charge on any atom is 0.120 e. The van der Waals surface area contributed by atoms with Gasteiger partial charge in [0.15, 0.2) is 0 Å². The fourth-order valence-electron chi connectivity index (χ4n) is 0.806. The number of aliphatic hydroxyl groups is 1. The Bertz CT molecular complexity index is 307. The van der Waals surface area contributed by atoms with Crippen LogP contribution >= 0.6 is 39.1 Å². The number of hydrogen-bond acceptors (Lipinski definition) is 2. The Morgan fingerprint density at radius 2 is 2.07 bits per heavy atom. The van der Waals surface area contributed by atoms with Crippen molar-refractivity contribution in [2.75, 3.05) is 13.2 Å². The van der Waals surface area contributed by atoms with E-state index in [1.54, 1.807) is 18.2 Å². The van der Waals surface area contributed by atoms with Crippen molar-refractivity contribution in [1.82, 2.24) is 0 Å². The van der Waals surface area contributed by atoms with Gasteiger partial charge >= 0.3 is 0 Å². The van der Waals surface area contributed by atoms with E-state index in [9.17, 15) is 0 Å². The molecule has 1 unspecified atom stereocenters. The molecule has 0 spiro atoms. The minimum atomic E-state index is -0.0723. The summed E-state index contributed by atoms with van der Waals surface area (Å²) in [6, 6.07) is 5.04. The Morgan fingerprint density at radius 1 is 1.36 bits per heavy atom. The van der Waals surface area contributed by atoms with Gasteiger partial charge in [0.05, 0.1) is 21.5 Å². The number of benzene rings is 1. The summed E-state index contributed by atoms with van der Waals surface area (Å²) in [5.74, 6) is 0.636. The van der Waals surface area contributed by atoms with Crippen LogP contribution in [0.1, 0.15) is 0 Å². The summed E-state index contributed by atoms with van der Waals surface area (Å²) in [7, 11) is 0. The summed E-state index contributed by atoms with van der Waals surface area (Å²) in [4.78, 5) is -0.0723. The van der Waals surface area contributed by atoms with E-state index < -0.39 is 0 Å². The first-order valence-corrected chi connectivity index (χ1v) is 5.63. The largest absolute Gasteiger partial charge is 0.492 e. The topological polar surface area (TPSA) is 29.5 Å². The molecular weight excluding hydrogens is 291 g/mol. The van der Waals surface area contributed by atoms with E-state index in [-0.39, 0.29) is 11.4 Å². The Labute approximate surface area is 101 Å². The molecule has 1 aromatic carbocycles. The smallest absolute Gasteiger partial charge is 0.120 e. The molecule has 0 saturated carbocycles. The average molecular weight is 300 g/mol. The second-order valence-corrected chi connectivity index (χ2v) is 4.78. The van der Waals surface area contributed by atoms with Crippen LogP contribution in [0.25, 0.3) is 0 Å². The molecule has 5 heteroatoms. The van der Waals surface area contributed by atoms with Gasteiger partial charge in [0, 0.05) is 6.07 Å². The predicted molar refractivity (Wildman–Crippen MR) is 61.8 cm³/mol. The third-order valence-corrected chi connectivity index (χ3v) is 2.81. The third kappa shape index (κ3) is 3.65. The van der Waals surface area contributed by atoms with Gasteiger partial charge in [-0.05, 0) is 12.1 Å². The number of alkyl halides is 1. The van der Waals surface area contributed by atoms with Crippen molar-refractivity contribution in [2.45, 2.75) is 4.83 Å². The fourth-order valence-corrected chi connectivity index (χ4v) is 1.23. The number of halogens is 3. The highest BCUT2D eigenvalue weighted by Gasteiger charge is 2.04. The van der Waals surface area contributed by atoms with E-state index in [4.69, 9.17) is 33.0 Å². The molecule has 1 aromatic rings. The number of ether oxygens (including phenoxy) is 1. The van der Waals surface area contributed by atoms with E-state index in [0.29, 0.717) is 22.4 Å². The van der Waals surface area contributed by atoms with Crippen LogP contribution in [0, 0.1) is 0 Å². The normalized spacial score (nSPS) is 12.6. The highest BCUT2D eigenvalue weighted by atomic mass is 79.9.